The van der Waals surface area contributed by atoms with Gasteiger partial charge >= 0.3 is 7.12 Å². The maximum atomic E-state index is 13.1. The van der Waals surface area contributed by atoms with Gasteiger partial charge in [-0.3, -0.25) is 0 Å². The zero-order valence-corrected chi connectivity index (χ0v) is 10.8. The van der Waals surface area contributed by atoms with Crippen LogP contribution in [0.2, 0.25) is 0 Å². The Hall–Kier alpha value is -1.66. The number of imidazole rings is 1. The molecule has 0 saturated carbocycles. The summed E-state index contributed by atoms with van der Waals surface area (Å²) in [5.74, 6) is 0.455. The van der Waals surface area contributed by atoms with Crippen molar-refractivity contribution in [1.29, 1.82) is 0 Å². The van der Waals surface area contributed by atoms with E-state index in [2.05, 4.69) is 11.9 Å². The van der Waals surface area contributed by atoms with Crippen LogP contribution in [0.15, 0.2) is 30.6 Å². The summed E-state index contributed by atoms with van der Waals surface area (Å²) in [6.45, 7) is 2.52. The zero-order valence-electron chi connectivity index (χ0n) is 10.8. The van der Waals surface area contributed by atoms with Gasteiger partial charge in [0.1, 0.15) is 11.6 Å². The molecule has 1 aromatic carbocycles. The Bertz CT molecular complexity index is 557. The third-order valence-electron chi connectivity index (χ3n) is 3.00. The lowest BCUT2D eigenvalue weighted by molar-refractivity contribution is 0.424. The van der Waals surface area contributed by atoms with Crippen LogP contribution in [0.1, 0.15) is 24.7 Å². The van der Waals surface area contributed by atoms with Gasteiger partial charge < -0.3 is 14.6 Å². The normalized spacial score (nSPS) is 10.7. The second-order valence-corrected chi connectivity index (χ2v) is 4.44. The molecular formula is C13H16BFN2O2. The summed E-state index contributed by atoms with van der Waals surface area (Å²) in [7, 11) is -1.68. The van der Waals surface area contributed by atoms with Crippen LogP contribution < -0.4 is 5.46 Å². The van der Waals surface area contributed by atoms with Crippen molar-refractivity contribution in [2.24, 2.45) is 0 Å². The summed E-state index contributed by atoms with van der Waals surface area (Å²) in [4.78, 5) is 4.26. The molecule has 2 N–H and O–H groups in total. The van der Waals surface area contributed by atoms with Gasteiger partial charge in [-0.2, -0.15) is 0 Å². The van der Waals surface area contributed by atoms with E-state index in [1.165, 1.54) is 6.07 Å². The van der Waals surface area contributed by atoms with E-state index < -0.39 is 12.9 Å². The third kappa shape index (κ3) is 3.21. The Morgan fingerprint density at radius 1 is 1.37 bits per heavy atom. The first-order valence-corrected chi connectivity index (χ1v) is 6.26. The average Bonchev–Trinajstić information content (AvgIpc) is 2.79. The van der Waals surface area contributed by atoms with Crippen molar-refractivity contribution >= 4 is 12.6 Å². The fourth-order valence-electron chi connectivity index (χ4n) is 2.07. The van der Waals surface area contributed by atoms with Gasteiger partial charge in [0.15, 0.2) is 0 Å². The molecule has 6 heteroatoms. The number of benzene rings is 1. The molecule has 4 nitrogen and oxygen atoms in total. The molecule has 1 heterocycles. The molecule has 0 saturated heterocycles. The zero-order chi connectivity index (χ0) is 13.8. The van der Waals surface area contributed by atoms with E-state index in [9.17, 15) is 14.4 Å². The molecule has 0 amide bonds. The molecule has 0 bridgehead atoms. The average molecular weight is 262 g/mol. The van der Waals surface area contributed by atoms with Crippen molar-refractivity contribution < 1.29 is 14.4 Å². The van der Waals surface area contributed by atoms with E-state index in [1.54, 1.807) is 12.3 Å². The molecule has 19 heavy (non-hydrogen) atoms. The second kappa shape index (κ2) is 5.99. The highest BCUT2D eigenvalue weighted by Gasteiger charge is 2.17. The third-order valence-corrected chi connectivity index (χ3v) is 3.00. The Morgan fingerprint density at radius 3 is 2.84 bits per heavy atom. The minimum atomic E-state index is -1.68. The molecule has 0 aliphatic heterocycles. The van der Waals surface area contributed by atoms with Crippen LogP contribution in [0.25, 0.3) is 0 Å². The molecule has 0 aliphatic rings. The molecule has 0 unspecified atom stereocenters. The van der Waals surface area contributed by atoms with E-state index in [0.717, 1.165) is 24.7 Å². The highest BCUT2D eigenvalue weighted by atomic mass is 19.1. The molecule has 100 valence electrons. The number of hydrogen-bond donors (Lipinski definition) is 2. The number of hydrogen-bond acceptors (Lipinski definition) is 3. The van der Waals surface area contributed by atoms with Crippen molar-refractivity contribution in [3.8, 4) is 0 Å². The van der Waals surface area contributed by atoms with E-state index in [4.69, 9.17) is 0 Å². The lowest BCUT2D eigenvalue weighted by atomic mass is 9.77. The topological polar surface area (TPSA) is 58.3 Å². The first-order chi connectivity index (χ1) is 9.11. The molecule has 2 aromatic rings. The van der Waals surface area contributed by atoms with Crippen molar-refractivity contribution in [3.05, 3.63) is 47.8 Å². The summed E-state index contributed by atoms with van der Waals surface area (Å²) in [6, 6.07) is 4.04. The van der Waals surface area contributed by atoms with Gasteiger partial charge in [0.05, 0.1) is 0 Å². The standard InChI is InChI=1S/C13H16BFN2O2/c1-2-3-13-16-6-7-17(13)9-10-4-5-11(15)8-12(10)14(18)19/h4-8,18-19H,2-3,9H2,1H3. The van der Waals surface area contributed by atoms with Gasteiger partial charge in [-0.1, -0.05) is 13.0 Å². The molecule has 0 fully saturated rings. The van der Waals surface area contributed by atoms with Gasteiger partial charge in [-0.05, 0) is 29.6 Å². The van der Waals surface area contributed by atoms with Crippen molar-refractivity contribution in [2.45, 2.75) is 26.3 Å². The predicted molar refractivity (Wildman–Crippen MR) is 71.5 cm³/mol. The first-order valence-electron chi connectivity index (χ1n) is 6.26. The molecule has 0 spiro atoms. The molecule has 0 atom stereocenters. The Morgan fingerprint density at radius 2 is 2.16 bits per heavy atom. The van der Waals surface area contributed by atoms with E-state index in [-0.39, 0.29) is 5.46 Å². The number of halogens is 1. The number of aryl methyl sites for hydroxylation is 1. The van der Waals surface area contributed by atoms with Crippen molar-refractivity contribution in [2.75, 3.05) is 0 Å². The largest absolute Gasteiger partial charge is 0.488 e. The van der Waals surface area contributed by atoms with Gasteiger partial charge in [0.25, 0.3) is 0 Å². The number of aromatic nitrogens is 2. The SMILES string of the molecule is CCCc1nccn1Cc1ccc(F)cc1B(O)O. The van der Waals surface area contributed by atoms with E-state index in [0.29, 0.717) is 12.1 Å². The van der Waals surface area contributed by atoms with Gasteiger partial charge in [-0.15, -0.1) is 0 Å². The summed E-state index contributed by atoms with van der Waals surface area (Å²) in [5.41, 5.74) is 0.864. The minimum absolute atomic E-state index is 0.191. The maximum absolute atomic E-state index is 13.1. The molecule has 0 radical (unpaired) electrons. The van der Waals surface area contributed by atoms with Crippen LogP contribution >= 0.6 is 0 Å². The summed E-state index contributed by atoms with van der Waals surface area (Å²) < 4.78 is 15.1. The van der Waals surface area contributed by atoms with Crippen LogP contribution in [0.3, 0.4) is 0 Å². The molecular weight excluding hydrogens is 246 g/mol. The van der Waals surface area contributed by atoms with Gasteiger partial charge in [0, 0.05) is 25.4 Å². The fraction of sp³-hybridized carbons (Fsp3) is 0.308. The quantitative estimate of drug-likeness (QED) is 0.780. The molecule has 2 rings (SSSR count). The summed E-state index contributed by atoms with van der Waals surface area (Å²) >= 11 is 0. The first kappa shape index (κ1) is 13.8. The number of rotatable bonds is 5. The maximum Gasteiger partial charge on any atom is 0.488 e. The van der Waals surface area contributed by atoms with Crippen LogP contribution in [0.4, 0.5) is 4.39 Å². The minimum Gasteiger partial charge on any atom is -0.423 e. The summed E-state index contributed by atoms with van der Waals surface area (Å²) in [6.07, 6.45) is 5.38. The predicted octanol–water partition coefficient (Wildman–Crippen LogP) is 0.703. The lowest BCUT2D eigenvalue weighted by Gasteiger charge is -2.12. The van der Waals surface area contributed by atoms with Gasteiger partial charge in [-0.25, -0.2) is 9.37 Å². The van der Waals surface area contributed by atoms with Gasteiger partial charge in [0.2, 0.25) is 0 Å². The summed E-state index contributed by atoms with van der Waals surface area (Å²) in [5, 5.41) is 18.6. The molecule has 0 aliphatic carbocycles. The smallest absolute Gasteiger partial charge is 0.423 e. The van der Waals surface area contributed by atoms with E-state index in [1.807, 2.05) is 10.8 Å². The molecule has 1 aromatic heterocycles. The van der Waals surface area contributed by atoms with Crippen molar-refractivity contribution in [3.63, 3.8) is 0 Å². The fourth-order valence-corrected chi connectivity index (χ4v) is 2.07. The van der Waals surface area contributed by atoms with Crippen LogP contribution in [0, 0.1) is 5.82 Å². The Labute approximate surface area is 111 Å². The van der Waals surface area contributed by atoms with E-state index >= 15 is 0 Å². The lowest BCUT2D eigenvalue weighted by Crippen LogP contribution is -2.34. The van der Waals surface area contributed by atoms with Crippen LogP contribution in [0.5, 0.6) is 0 Å². The van der Waals surface area contributed by atoms with Crippen LogP contribution in [-0.4, -0.2) is 26.7 Å². The second-order valence-electron chi connectivity index (χ2n) is 4.44. The number of nitrogens with zero attached hydrogens (tertiary/aromatic N) is 2. The Kier molecular flexibility index (Phi) is 4.34. The monoisotopic (exact) mass is 262 g/mol. The highest BCUT2D eigenvalue weighted by molar-refractivity contribution is 6.59. The van der Waals surface area contributed by atoms with Crippen LogP contribution in [-0.2, 0) is 13.0 Å². The Balaban J connectivity index is 2.30. The highest BCUT2D eigenvalue weighted by Crippen LogP contribution is 2.08. The van der Waals surface area contributed by atoms with Crippen molar-refractivity contribution in [1.82, 2.24) is 9.55 Å².